The summed E-state index contributed by atoms with van der Waals surface area (Å²) in [6, 6.07) is 27.8. The molecule has 6 heteroatoms. The van der Waals surface area contributed by atoms with Gasteiger partial charge in [-0.25, -0.2) is 0 Å². The van der Waals surface area contributed by atoms with Crippen LogP contribution in [0.4, 0.5) is 5.69 Å². The van der Waals surface area contributed by atoms with Gasteiger partial charge in [0.05, 0.1) is 25.5 Å². The molecule has 0 bridgehead atoms. The Hall–Kier alpha value is -4.16. The molecule has 0 aromatic heterocycles. The molecule has 3 aromatic carbocycles. The molecule has 0 saturated heterocycles. The number of rotatable bonds is 15. The SMILES string of the molecule is C=CCN(CC=C)c1ccccc1[C@H]([C@@H](CC(=O)OC)C(=O)OC(C)(C)C)N(Cc1ccccc1)[C@H](C)c1ccccc1. The van der Waals surface area contributed by atoms with E-state index in [0.29, 0.717) is 19.6 Å². The van der Waals surface area contributed by atoms with Crippen LogP contribution in [0.1, 0.15) is 62.9 Å². The number of carbonyl (C=O) groups is 2. The lowest BCUT2D eigenvalue weighted by molar-refractivity contribution is -0.167. The predicted molar refractivity (Wildman–Crippen MR) is 175 cm³/mol. The van der Waals surface area contributed by atoms with Crippen LogP contribution < -0.4 is 4.90 Å². The van der Waals surface area contributed by atoms with Crippen molar-refractivity contribution in [3.63, 3.8) is 0 Å². The lowest BCUT2D eigenvalue weighted by Gasteiger charge is -2.42. The number of hydrogen-bond donors (Lipinski definition) is 0. The van der Waals surface area contributed by atoms with Crippen LogP contribution in [0, 0.1) is 5.92 Å². The molecule has 0 saturated carbocycles. The third-order valence-electron chi connectivity index (χ3n) is 7.34. The highest BCUT2D eigenvalue weighted by Gasteiger charge is 2.41. The first-order chi connectivity index (χ1) is 20.6. The lowest BCUT2D eigenvalue weighted by Crippen LogP contribution is -2.42. The average Bonchev–Trinajstić information content (AvgIpc) is 3.00. The normalized spacial score (nSPS) is 13.4. The van der Waals surface area contributed by atoms with E-state index in [1.165, 1.54) is 7.11 Å². The van der Waals surface area contributed by atoms with E-state index >= 15 is 0 Å². The number of carbonyl (C=O) groups excluding carboxylic acids is 2. The zero-order valence-corrected chi connectivity index (χ0v) is 26.2. The van der Waals surface area contributed by atoms with Crippen molar-refractivity contribution in [2.45, 2.75) is 58.3 Å². The smallest absolute Gasteiger partial charge is 0.312 e. The van der Waals surface area contributed by atoms with Gasteiger partial charge in [-0.05, 0) is 50.5 Å². The largest absolute Gasteiger partial charge is 0.469 e. The maximum absolute atomic E-state index is 14.2. The minimum absolute atomic E-state index is 0.130. The third kappa shape index (κ3) is 9.42. The van der Waals surface area contributed by atoms with Gasteiger partial charge in [0.2, 0.25) is 0 Å². The van der Waals surface area contributed by atoms with E-state index in [1.54, 1.807) is 0 Å². The Morgan fingerprint density at radius 2 is 1.42 bits per heavy atom. The van der Waals surface area contributed by atoms with Crippen LogP contribution in [0.15, 0.2) is 110 Å². The molecule has 0 amide bonds. The van der Waals surface area contributed by atoms with Gasteiger partial charge in [0.1, 0.15) is 5.60 Å². The first-order valence-corrected chi connectivity index (χ1v) is 14.8. The van der Waals surface area contributed by atoms with Gasteiger partial charge >= 0.3 is 11.9 Å². The van der Waals surface area contributed by atoms with Gasteiger partial charge in [-0.2, -0.15) is 0 Å². The Morgan fingerprint density at radius 1 is 0.860 bits per heavy atom. The number of hydrogen-bond acceptors (Lipinski definition) is 6. The molecule has 3 atom stereocenters. The first-order valence-electron chi connectivity index (χ1n) is 14.8. The van der Waals surface area contributed by atoms with Crippen molar-refractivity contribution in [3.8, 4) is 0 Å². The topological polar surface area (TPSA) is 59.1 Å². The number of methoxy groups -OCH3 is 1. The van der Waals surface area contributed by atoms with E-state index < -0.39 is 29.5 Å². The summed E-state index contributed by atoms with van der Waals surface area (Å²) >= 11 is 0. The van der Waals surface area contributed by atoms with Crippen molar-refractivity contribution in [1.82, 2.24) is 4.90 Å². The summed E-state index contributed by atoms with van der Waals surface area (Å²) in [5.74, 6) is -1.79. The third-order valence-corrected chi connectivity index (χ3v) is 7.34. The molecular formula is C37H46N2O4. The maximum atomic E-state index is 14.2. The van der Waals surface area contributed by atoms with Crippen molar-refractivity contribution in [1.29, 1.82) is 0 Å². The zero-order valence-electron chi connectivity index (χ0n) is 26.2. The molecule has 0 aliphatic carbocycles. The van der Waals surface area contributed by atoms with Crippen LogP contribution in [0.5, 0.6) is 0 Å². The van der Waals surface area contributed by atoms with Crippen molar-refractivity contribution >= 4 is 17.6 Å². The summed E-state index contributed by atoms with van der Waals surface area (Å²) in [5.41, 5.74) is 3.27. The van der Waals surface area contributed by atoms with E-state index in [-0.39, 0.29) is 12.5 Å². The van der Waals surface area contributed by atoms with Gasteiger partial charge in [-0.15, -0.1) is 13.2 Å². The van der Waals surface area contributed by atoms with Crippen LogP contribution >= 0.6 is 0 Å². The number of benzene rings is 3. The number of esters is 2. The molecule has 0 N–H and O–H groups in total. The second kappa shape index (κ2) is 15.9. The molecule has 0 radical (unpaired) electrons. The summed E-state index contributed by atoms with van der Waals surface area (Å²) in [6.45, 7) is 17.3. The second-order valence-electron chi connectivity index (χ2n) is 11.7. The summed E-state index contributed by atoms with van der Waals surface area (Å²) in [5, 5.41) is 0. The molecule has 0 aliphatic heterocycles. The van der Waals surface area contributed by atoms with E-state index in [9.17, 15) is 9.59 Å². The van der Waals surface area contributed by atoms with Crippen LogP contribution in [-0.2, 0) is 25.6 Å². The summed E-state index contributed by atoms with van der Waals surface area (Å²) < 4.78 is 11.2. The molecule has 228 valence electrons. The zero-order chi connectivity index (χ0) is 31.4. The van der Waals surface area contributed by atoms with Crippen molar-refractivity contribution < 1.29 is 19.1 Å². The molecule has 43 heavy (non-hydrogen) atoms. The molecule has 0 fully saturated rings. The van der Waals surface area contributed by atoms with Crippen LogP contribution in [0.3, 0.4) is 0 Å². The highest BCUT2D eigenvalue weighted by atomic mass is 16.6. The number of para-hydroxylation sites is 1. The molecule has 0 spiro atoms. The number of nitrogens with zero attached hydrogens (tertiary/aromatic N) is 2. The molecule has 0 aliphatic rings. The molecule has 3 aromatic rings. The lowest BCUT2D eigenvalue weighted by atomic mass is 9.85. The van der Waals surface area contributed by atoms with E-state index in [4.69, 9.17) is 9.47 Å². The maximum Gasteiger partial charge on any atom is 0.312 e. The fourth-order valence-corrected chi connectivity index (χ4v) is 5.39. The van der Waals surface area contributed by atoms with Gasteiger partial charge in [-0.3, -0.25) is 14.5 Å². The van der Waals surface area contributed by atoms with Crippen molar-refractivity contribution in [3.05, 3.63) is 127 Å². The van der Waals surface area contributed by atoms with E-state index in [0.717, 1.165) is 22.4 Å². The monoisotopic (exact) mass is 582 g/mol. The van der Waals surface area contributed by atoms with Crippen LogP contribution in [-0.4, -0.2) is 42.6 Å². The van der Waals surface area contributed by atoms with Crippen LogP contribution in [0.25, 0.3) is 0 Å². The van der Waals surface area contributed by atoms with Gasteiger partial charge in [-0.1, -0.05) is 91.0 Å². The Labute approximate surface area is 257 Å². The summed E-state index contributed by atoms with van der Waals surface area (Å²) in [4.78, 5) is 31.6. The van der Waals surface area contributed by atoms with Gasteiger partial charge in [0.15, 0.2) is 0 Å². The van der Waals surface area contributed by atoms with Gasteiger partial charge in [0.25, 0.3) is 0 Å². The van der Waals surface area contributed by atoms with E-state index in [1.807, 2.05) is 93.6 Å². The standard InChI is InChI=1S/C37H46N2O4/c1-8-24-38(25-9-2)33-23-17-16-22-31(33)35(32(26-34(40)42-7)36(41)43-37(4,5)6)39(27-29-18-12-10-13-19-29)28(3)30-20-14-11-15-21-30/h8-23,28,32,35H,1-2,24-27H2,3-7H3/t28-,32-,35-/m1/s1. The minimum atomic E-state index is -0.864. The first kappa shape index (κ1) is 33.3. The second-order valence-corrected chi connectivity index (χ2v) is 11.7. The highest BCUT2D eigenvalue weighted by molar-refractivity contribution is 5.81. The molecule has 0 unspecified atom stereocenters. The van der Waals surface area contributed by atoms with Crippen molar-refractivity contribution in [2.24, 2.45) is 5.92 Å². The van der Waals surface area contributed by atoms with E-state index in [2.05, 4.69) is 54.1 Å². The fraction of sp³-hybridized carbons (Fsp3) is 0.351. The number of anilines is 1. The van der Waals surface area contributed by atoms with Gasteiger partial charge in [0, 0.05) is 31.4 Å². The molecule has 3 rings (SSSR count). The van der Waals surface area contributed by atoms with Crippen LogP contribution in [0.2, 0.25) is 0 Å². The van der Waals surface area contributed by atoms with Crippen molar-refractivity contribution in [2.75, 3.05) is 25.1 Å². The molecule has 0 heterocycles. The number of ether oxygens (including phenoxy) is 2. The molecule has 6 nitrogen and oxygen atoms in total. The predicted octanol–water partition coefficient (Wildman–Crippen LogP) is 7.69. The Kier molecular flexibility index (Phi) is 12.3. The Balaban J connectivity index is 2.35. The Bertz CT molecular complexity index is 1320. The average molecular weight is 583 g/mol. The minimum Gasteiger partial charge on any atom is -0.469 e. The van der Waals surface area contributed by atoms with Gasteiger partial charge < -0.3 is 14.4 Å². The quantitative estimate of drug-likeness (QED) is 0.135. The Morgan fingerprint density at radius 3 is 1.98 bits per heavy atom. The fourth-order valence-electron chi connectivity index (χ4n) is 5.39. The molecular weight excluding hydrogens is 536 g/mol. The highest BCUT2D eigenvalue weighted by Crippen LogP contribution is 2.43. The summed E-state index contributed by atoms with van der Waals surface area (Å²) in [6.07, 6.45) is 3.56. The summed E-state index contributed by atoms with van der Waals surface area (Å²) in [7, 11) is 1.35.